The maximum absolute atomic E-state index is 10.2. The minimum atomic E-state index is 0.169. The Hall–Kier alpha value is -3.05. The second kappa shape index (κ2) is 5.86. The van der Waals surface area contributed by atoms with Crippen molar-refractivity contribution in [1.29, 1.82) is 0 Å². The number of anilines is 2. The molecule has 118 valence electrons. The Morgan fingerprint density at radius 2 is 1.96 bits per heavy atom. The first kappa shape index (κ1) is 14.5. The number of benzene rings is 2. The third-order valence-electron chi connectivity index (χ3n) is 3.68. The highest BCUT2D eigenvalue weighted by molar-refractivity contribution is 6.30. The van der Waals surface area contributed by atoms with Crippen molar-refractivity contribution in [2.75, 3.05) is 5.32 Å². The maximum Gasteiger partial charge on any atom is 0.157 e. The molecule has 0 aliphatic carbocycles. The van der Waals surface area contributed by atoms with Gasteiger partial charge in [-0.15, -0.1) is 0 Å². The number of aromatic nitrogens is 3. The lowest BCUT2D eigenvalue weighted by Gasteiger charge is -2.10. The van der Waals surface area contributed by atoms with Crippen LogP contribution in [0, 0.1) is 0 Å². The van der Waals surface area contributed by atoms with Crippen molar-refractivity contribution in [3.8, 4) is 17.0 Å². The number of nitrogens with zero attached hydrogens (tertiary/aromatic N) is 3. The Kier molecular flexibility index (Phi) is 3.55. The van der Waals surface area contributed by atoms with Crippen molar-refractivity contribution in [3.63, 3.8) is 0 Å². The van der Waals surface area contributed by atoms with Crippen LogP contribution in [0.15, 0.2) is 67.1 Å². The van der Waals surface area contributed by atoms with Gasteiger partial charge in [-0.3, -0.25) is 9.38 Å². The van der Waals surface area contributed by atoms with E-state index < -0.39 is 0 Å². The maximum atomic E-state index is 10.2. The summed E-state index contributed by atoms with van der Waals surface area (Å²) in [5, 5.41) is 14.2. The predicted molar refractivity (Wildman–Crippen MR) is 94.8 cm³/mol. The molecule has 0 fully saturated rings. The monoisotopic (exact) mass is 336 g/mol. The van der Waals surface area contributed by atoms with E-state index in [0.717, 1.165) is 11.5 Å². The van der Waals surface area contributed by atoms with Gasteiger partial charge in [-0.25, -0.2) is 4.98 Å². The topological polar surface area (TPSA) is 62.5 Å². The van der Waals surface area contributed by atoms with Gasteiger partial charge in [0.1, 0.15) is 17.3 Å². The first-order valence-electron chi connectivity index (χ1n) is 7.35. The summed E-state index contributed by atoms with van der Waals surface area (Å²) in [6.45, 7) is 0. The lowest BCUT2D eigenvalue weighted by atomic mass is 10.1. The van der Waals surface area contributed by atoms with Crippen LogP contribution in [0.3, 0.4) is 0 Å². The molecule has 0 unspecified atom stereocenters. The van der Waals surface area contributed by atoms with Gasteiger partial charge in [0.2, 0.25) is 0 Å². The zero-order chi connectivity index (χ0) is 16.5. The van der Waals surface area contributed by atoms with E-state index in [1.165, 1.54) is 0 Å². The van der Waals surface area contributed by atoms with Crippen LogP contribution in [-0.2, 0) is 0 Å². The standard InChI is InChI=1S/C18H13ClN4O/c19-12-4-3-5-13(10-12)21-18-17(14-6-1-2-7-15(14)24)22-16-11-20-8-9-23(16)18/h1-11,21,24H. The van der Waals surface area contributed by atoms with E-state index in [0.29, 0.717) is 21.9 Å². The first-order chi connectivity index (χ1) is 11.7. The van der Waals surface area contributed by atoms with Crippen LogP contribution in [-0.4, -0.2) is 19.5 Å². The summed E-state index contributed by atoms with van der Waals surface area (Å²) in [6, 6.07) is 14.5. The molecule has 0 bridgehead atoms. The predicted octanol–water partition coefficient (Wildman–Crippen LogP) is 4.50. The molecule has 24 heavy (non-hydrogen) atoms. The van der Waals surface area contributed by atoms with E-state index in [9.17, 15) is 5.11 Å². The van der Waals surface area contributed by atoms with Crippen LogP contribution in [0.1, 0.15) is 0 Å². The van der Waals surface area contributed by atoms with Crippen molar-refractivity contribution in [2.24, 2.45) is 0 Å². The van der Waals surface area contributed by atoms with E-state index >= 15 is 0 Å². The van der Waals surface area contributed by atoms with Crippen molar-refractivity contribution in [2.45, 2.75) is 0 Å². The van der Waals surface area contributed by atoms with Gasteiger partial charge < -0.3 is 10.4 Å². The Labute approximate surface area is 143 Å². The summed E-state index contributed by atoms with van der Waals surface area (Å²) in [4.78, 5) is 8.72. The smallest absolute Gasteiger partial charge is 0.157 e. The van der Waals surface area contributed by atoms with Crippen LogP contribution < -0.4 is 5.32 Å². The minimum Gasteiger partial charge on any atom is -0.507 e. The van der Waals surface area contributed by atoms with Gasteiger partial charge in [-0.1, -0.05) is 29.8 Å². The Balaban J connectivity index is 1.92. The summed E-state index contributed by atoms with van der Waals surface area (Å²) in [5.41, 5.74) is 2.80. The number of aromatic hydroxyl groups is 1. The molecule has 4 rings (SSSR count). The Bertz CT molecular complexity index is 1030. The van der Waals surface area contributed by atoms with Gasteiger partial charge in [0, 0.05) is 28.7 Å². The van der Waals surface area contributed by atoms with Gasteiger partial charge >= 0.3 is 0 Å². The normalized spacial score (nSPS) is 10.9. The molecular formula is C18H13ClN4O. The Morgan fingerprint density at radius 3 is 2.79 bits per heavy atom. The fraction of sp³-hybridized carbons (Fsp3) is 0. The van der Waals surface area contributed by atoms with Gasteiger partial charge in [-0.2, -0.15) is 0 Å². The molecule has 0 saturated heterocycles. The Morgan fingerprint density at radius 1 is 1.08 bits per heavy atom. The number of phenolic OH excluding ortho intramolecular Hbond substituents is 1. The van der Waals surface area contributed by atoms with Crippen molar-refractivity contribution in [1.82, 2.24) is 14.4 Å². The number of fused-ring (bicyclic) bond motifs is 1. The molecular weight excluding hydrogens is 324 g/mol. The van der Waals surface area contributed by atoms with E-state index in [4.69, 9.17) is 11.6 Å². The summed E-state index contributed by atoms with van der Waals surface area (Å²) >= 11 is 6.07. The quantitative estimate of drug-likeness (QED) is 0.578. The number of halogens is 1. The number of phenols is 1. The van der Waals surface area contributed by atoms with Gasteiger partial charge in [-0.05, 0) is 30.3 Å². The molecule has 4 aromatic rings. The van der Waals surface area contributed by atoms with E-state index in [-0.39, 0.29) is 5.75 Å². The molecule has 2 heterocycles. The van der Waals surface area contributed by atoms with Crippen LogP contribution in [0.5, 0.6) is 5.75 Å². The van der Waals surface area contributed by atoms with E-state index in [2.05, 4.69) is 15.3 Å². The SMILES string of the molecule is Oc1ccccc1-c1nc2cnccn2c1Nc1cccc(Cl)c1. The first-order valence-corrected chi connectivity index (χ1v) is 7.73. The zero-order valence-electron chi connectivity index (χ0n) is 12.5. The molecule has 0 atom stereocenters. The summed E-state index contributed by atoms with van der Waals surface area (Å²) in [6.07, 6.45) is 5.18. The second-order valence-corrected chi connectivity index (χ2v) is 5.70. The van der Waals surface area contributed by atoms with Crippen molar-refractivity contribution < 1.29 is 5.11 Å². The van der Waals surface area contributed by atoms with E-state index in [1.54, 1.807) is 24.5 Å². The molecule has 2 N–H and O–H groups in total. The number of hydrogen-bond acceptors (Lipinski definition) is 4. The second-order valence-electron chi connectivity index (χ2n) is 5.27. The summed E-state index contributed by atoms with van der Waals surface area (Å²) in [7, 11) is 0. The fourth-order valence-electron chi connectivity index (χ4n) is 2.59. The number of para-hydroxylation sites is 1. The fourth-order valence-corrected chi connectivity index (χ4v) is 2.78. The van der Waals surface area contributed by atoms with Gasteiger partial charge in [0.05, 0.1) is 6.20 Å². The summed E-state index contributed by atoms with van der Waals surface area (Å²) < 4.78 is 1.88. The molecule has 2 aromatic heterocycles. The highest BCUT2D eigenvalue weighted by Gasteiger charge is 2.17. The molecule has 0 radical (unpaired) electrons. The zero-order valence-corrected chi connectivity index (χ0v) is 13.3. The number of imidazole rings is 1. The molecule has 5 nitrogen and oxygen atoms in total. The van der Waals surface area contributed by atoms with Crippen molar-refractivity contribution >= 4 is 28.8 Å². The van der Waals surface area contributed by atoms with Crippen LogP contribution in [0.25, 0.3) is 16.9 Å². The third kappa shape index (κ3) is 2.55. The minimum absolute atomic E-state index is 0.169. The lowest BCUT2D eigenvalue weighted by Crippen LogP contribution is -1.97. The van der Waals surface area contributed by atoms with Crippen molar-refractivity contribution in [3.05, 3.63) is 72.1 Å². The summed E-state index contributed by atoms with van der Waals surface area (Å²) in [5.74, 6) is 0.902. The highest BCUT2D eigenvalue weighted by Crippen LogP contribution is 2.35. The molecule has 0 saturated carbocycles. The number of hydrogen-bond donors (Lipinski definition) is 2. The molecule has 2 aromatic carbocycles. The molecule has 0 aliphatic rings. The molecule has 0 aliphatic heterocycles. The third-order valence-corrected chi connectivity index (χ3v) is 3.91. The lowest BCUT2D eigenvalue weighted by molar-refractivity contribution is 0.477. The van der Waals surface area contributed by atoms with Crippen LogP contribution in [0.4, 0.5) is 11.5 Å². The van der Waals surface area contributed by atoms with Gasteiger partial charge in [0.25, 0.3) is 0 Å². The van der Waals surface area contributed by atoms with Crippen LogP contribution >= 0.6 is 11.6 Å². The van der Waals surface area contributed by atoms with E-state index in [1.807, 2.05) is 47.0 Å². The highest BCUT2D eigenvalue weighted by atomic mass is 35.5. The number of rotatable bonds is 3. The largest absolute Gasteiger partial charge is 0.507 e. The average molecular weight is 337 g/mol. The molecule has 6 heteroatoms. The van der Waals surface area contributed by atoms with Gasteiger partial charge in [0.15, 0.2) is 5.65 Å². The van der Waals surface area contributed by atoms with Crippen LogP contribution in [0.2, 0.25) is 5.02 Å². The molecule has 0 amide bonds. The number of nitrogens with one attached hydrogen (secondary N) is 1. The average Bonchev–Trinajstić information content (AvgIpc) is 2.94. The molecule has 0 spiro atoms.